The second-order valence-electron chi connectivity index (χ2n) is 3.41. The van der Waals surface area contributed by atoms with Crippen molar-refractivity contribution in [1.82, 2.24) is 4.98 Å². The second-order valence-corrected chi connectivity index (χ2v) is 3.41. The van der Waals surface area contributed by atoms with Crippen LogP contribution >= 0.6 is 0 Å². The molecule has 0 radical (unpaired) electrons. The summed E-state index contributed by atoms with van der Waals surface area (Å²) in [7, 11) is 1.21. The predicted octanol–water partition coefficient (Wildman–Crippen LogP) is -0.675. The van der Waals surface area contributed by atoms with Crippen molar-refractivity contribution in [2.45, 2.75) is 18.6 Å². The van der Waals surface area contributed by atoms with Gasteiger partial charge in [0, 0.05) is 11.8 Å². The van der Waals surface area contributed by atoms with Gasteiger partial charge < -0.3 is 20.4 Å². The van der Waals surface area contributed by atoms with Gasteiger partial charge in [-0.15, -0.1) is 0 Å². The van der Waals surface area contributed by atoms with Crippen LogP contribution in [0.25, 0.3) is 0 Å². The number of aliphatic hydroxyl groups excluding tert-OH is 2. The van der Waals surface area contributed by atoms with E-state index in [1.807, 2.05) is 0 Å². The number of aromatic nitrogens is 1. The van der Waals surface area contributed by atoms with Crippen LogP contribution in [0.2, 0.25) is 0 Å². The quantitative estimate of drug-likeness (QED) is 0.306. The zero-order chi connectivity index (χ0) is 12.8. The smallest absolute Gasteiger partial charge is 0.308 e. The second kappa shape index (κ2) is 6.14. The molecule has 0 aromatic carbocycles. The van der Waals surface area contributed by atoms with Gasteiger partial charge in [0.15, 0.2) is 0 Å². The molecule has 2 unspecified atom stereocenters. The van der Waals surface area contributed by atoms with Crippen LogP contribution in [-0.4, -0.2) is 34.4 Å². The van der Waals surface area contributed by atoms with Crippen molar-refractivity contribution in [3.63, 3.8) is 0 Å². The van der Waals surface area contributed by atoms with E-state index >= 15 is 0 Å². The minimum atomic E-state index is -1.24. The maximum absolute atomic E-state index is 10.9. The third-order valence-electron chi connectivity index (χ3n) is 2.24. The van der Waals surface area contributed by atoms with Crippen molar-refractivity contribution in [1.29, 1.82) is 0 Å². The number of nitrogens with two attached hydrogens (primary N) is 1. The predicted molar refractivity (Wildman–Crippen MR) is 59.6 cm³/mol. The van der Waals surface area contributed by atoms with Gasteiger partial charge in [0.2, 0.25) is 0 Å². The van der Waals surface area contributed by atoms with Crippen LogP contribution in [0.3, 0.4) is 0 Å². The average molecular weight is 241 g/mol. The molecule has 5 N–H and O–H groups in total. The molecule has 0 aliphatic rings. The maximum Gasteiger partial charge on any atom is 0.308 e. The number of nitrogens with zero attached hydrogens (tertiary/aromatic N) is 1. The number of aliphatic hydroxyl groups is 2. The van der Waals surface area contributed by atoms with Crippen LogP contribution in [-0.2, 0) is 9.53 Å². The number of nitrogen functional groups attached to an aromatic ring is 1. The summed E-state index contributed by atoms with van der Waals surface area (Å²) in [5.41, 5.74) is 2.72. The molecule has 17 heavy (non-hydrogen) atoms. The number of anilines is 1. The zero-order valence-electron chi connectivity index (χ0n) is 9.33. The first-order valence-corrected chi connectivity index (χ1v) is 4.94. The van der Waals surface area contributed by atoms with Crippen LogP contribution in [0, 0.1) is 0 Å². The minimum Gasteiger partial charge on any atom is -0.469 e. The molecule has 0 saturated heterocycles. The Bertz CT molecular complexity index is 368. The third-order valence-corrected chi connectivity index (χ3v) is 2.24. The summed E-state index contributed by atoms with van der Waals surface area (Å²) in [4.78, 5) is 14.8. The molecule has 2 atom stereocenters. The van der Waals surface area contributed by atoms with Gasteiger partial charge in [-0.05, 0) is 6.07 Å². The first-order valence-electron chi connectivity index (χ1n) is 4.94. The Balaban J connectivity index is 2.67. The maximum atomic E-state index is 10.9. The molecule has 0 amide bonds. The van der Waals surface area contributed by atoms with E-state index in [0.717, 1.165) is 0 Å². The van der Waals surface area contributed by atoms with E-state index in [2.05, 4.69) is 15.1 Å². The Morgan fingerprint density at radius 1 is 1.59 bits per heavy atom. The SMILES string of the molecule is COC(=O)CC(O)C(O)c1ccc(NN)nc1. The van der Waals surface area contributed by atoms with E-state index in [1.54, 1.807) is 12.1 Å². The highest BCUT2D eigenvalue weighted by Crippen LogP contribution is 2.19. The largest absolute Gasteiger partial charge is 0.469 e. The summed E-state index contributed by atoms with van der Waals surface area (Å²) in [6, 6.07) is 3.09. The number of pyridine rings is 1. The van der Waals surface area contributed by atoms with Crippen LogP contribution in [0.1, 0.15) is 18.1 Å². The summed E-state index contributed by atoms with van der Waals surface area (Å²) in [6.45, 7) is 0. The fourth-order valence-electron chi connectivity index (χ4n) is 1.25. The Kier molecular flexibility index (Phi) is 4.83. The summed E-state index contributed by atoms with van der Waals surface area (Å²) in [5, 5.41) is 19.3. The van der Waals surface area contributed by atoms with Crippen molar-refractivity contribution in [2.24, 2.45) is 5.84 Å². The Morgan fingerprint density at radius 3 is 2.76 bits per heavy atom. The molecule has 7 heteroatoms. The Hall–Kier alpha value is -1.70. The van der Waals surface area contributed by atoms with E-state index in [1.165, 1.54) is 13.3 Å². The molecule has 7 nitrogen and oxygen atoms in total. The molecule has 1 aromatic rings. The monoisotopic (exact) mass is 241 g/mol. The van der Waals surface area contributed by atoms with Gasteiger partial charge in [-0.25, -0.2) is 10.8 Å². The molecule has 1 rings (SSSR count). The molecular formula is C10H15N3O4. The number of ether oxygens (including phenoxy) is 1. The van der Waals surface area contributed by atoms with Gasteiger partial charge in [-0.3, -0.25) is 4.79 Å². The molecule has 0 fully saturated rings. The fourth-order valence-corrected chi connectivity index (χ4v) is 1.25. The van der Waals surface area contributed by atoms with E-state index < -0.39 is 18.2 Å². The number of hydrazine groups is 1. The van der Waals surface area contributed by atoms with Crippen molar-refractivity contribution in [3.05, 3.63) is 23.9 Å². The topological polar surface area (TPSA) is 118 Å². The van der Waals surface area contributed by atoms with Gasteiger partial charge in [0.25, 0.3) is 0 Å². The van der Waals surface area contributed by atoms with Crippen molar-refractivity contribution < 1.29 is 19.7 Å². The van der Waals surface area contributed by atoms with E-state index in [0.29, 0.717) is 11.4 Å². The lowest BCUT2D eigenvalue weighted by Gasteiger charge is -2.16. The first kappa shape index (κ1) is 13.4. The van der Waals surface area contributed by atoms with E-state index in [4.69, 9.17) is 5.84 Å². The molecule has 1 aromatic heterocycles. The number of hydrogen-bond donors (Lipinski definition) is 4. The molecule has 0 bridgehead atoms. The van der Waals surface area contributed by atoms with Crippen molar-refractivity contribution >= 4 is 11.8 Å². The summed E-state index contributed by atoms with van der Waals surface area (Å²) >= 11 is 0. The van der Waals surface area contributed by atoms with Gasteiger partial charge in [-0.2, -0.15) is 0 Å². The van der Waals surface area contributed by atoms with Crippen molar-refractivity contribution in [2.75, 3.05) is 12.5 Å². The van der Waals surface area contributed by atoms with Gasteiger partial charge in [0.1, 0.15) is 11.9 Å². The molecule has 1 heterocycles. The minimum absolute atomic E-state index is 0.283. The number of nitrogens with one attached hydrogen (secondary N) is 1. The summed E-state index contributed by atoms with van der Waals surface area (Å²) in [5.74, 6) is 4.98. The fraction of sp³-hybridized carbons (Fsp3) is 0.400. The first-order chi connectivity index (χ1) is 8.08. The molecule has 0 aliphatic heterocycles. The highest BCUT2D eigenvalue weighted by atomic mass is 16.5. The lowest BCUT2D eigenvalue weighted by molar-refractivity contribution is -0.144. The summed E-state index contributed by atoms with van der Waals surface area (Å²) in [6.07, 6.45) is -1.36. The number of rotatable bonds is 5. The van der Waals surface area contributed by atoms with Crippen LogP contribution in [0.5, 0.6) is 0 Å². The standard InChI is InChI=1S/C10H15N3O4/c1-17-9(15)4-7(14)10(16)6-2-3-8(13-11)12-5-6/h2-3,5,7,10,14,16H,4,11H2,1H3,(H,12,13). The molecular weight excluding hydrogens is 226 g/mol. The molecule has 94 valence electrons. The number of carbonyl (C=O) groups excluding carboxylic acids is 1. The Morgan fingerprint density at radius 2 is 2.29 bits per heavy atom. The zero-order valence-corrected chi connectivity index (χ0v) is 9.33. The molecule has 0 spiro atoms. The number of esters is 1. The van der Waals surface area contributed by atoms with Gasteiger partial charge >= 0.3 is 5.97 Å². The molecule has 0 aliphatic carbocycles. The highest BCUT2D eigenvalue weighted by Gasteiger charge is 2.21. The summed E-state index contributed by atoms with van der Waals surface area (Å²) < 4.78 is 4.39. The lowest BCUT2D eigenvalue weighted by Crippen LogP contribution is -2.22. The Labute approximate surface area is 98.2 Å². The number of hydrogen-bond acceptors (Lipinski definition) is 7. The van der Waals surface area contributed by atoms with E-state index in [9.17, 15) is 15.0 Å². The van der Waals surface area contributed by atoms with Crippen LogP contribution < -0.4 is 11.3 Å². The van der Waals surface area contributed by atoms with Gasteiger partial charge in [0.05, 0.1) is 19.6 Å². The van der Waals surface area contributed by atoms with Crippen molar-refractivity contribution in [3.8, 4) is 0 Å². The third kappa shape index (κ3) is 3.66. The normalized spacial score (nSPS) is 13.9. The highest BCUT2D eigenvalue weighted by molar-refractivity contribution is 5.69. The average Bonchev–Trinajstić information content (AvgIpc) is 2.37. The van der Waals surface area contributed by atoms with Gasteiger partial charge in [-0.1, -0.05) is 6.07 Å². The lowest BCUT2D eigenvalue weighted by atomic mass is 10.0. The number of carbonyl (C=O) groups is 1. The number of methoxy groups -OCH3 is 1. The molecule has 0 saturated carbocycles. The van der Waals surface area contributed by atoms with Crippen LogP contribution in [0.15, 0.2) is 18.3 Å². The van der Waals surface area contributed by atoms with E-state index in [-0.39, 0.29) is 6.42 Å². The van der Waals surface area contributed by atoms with Crippen LogP contribution in [0.4, 0.5) is 5.82 Å².